The maximum atomic E-state index is 12.0. The van der Waals surface area contributed by atoms with Crippen LogP contribution in [-0.2, 0) is 4.74 Å². The number of amides is 1. The van der Waals surface area contributed by atoms with Crippen LogP contribution in [0.25, 0.3) is 4.85 Å². The SMILES string of the molecule is [C-]#[N+]c1ccc(O[C@H]2CCN(C(=O)OC(C)(C)C)C2)cc1. The van der Waals surface area contributed by atoms with E-state index in [1.165, 1.54) is 0 Å². The molecule has 0 N–H and O–H groups in total. The van der Waals surface area contributed by atoms with Gasteiger partial charge < -0.3 is 14.4 Å². The molecule has 0 spiro atoms. The van der Waals surface area contributed by atoms with Crippen molar-refractivity contribution in [2.45, 2.75) is 38.9 Å². The molecule has 1 atom stereocenters. The van der Waals surface area contributed by atoms with Crippen molar-refractivity contribution in [3.8, 4) is 5.75 Å². The van der Waals surface area contributed by atoms with Crippen LogP contribution in [0.1, 0.15) is 27.2 Å². The van der Waals surface area contributed by atoms with E-state index in [0.29, 0.717) is 18.8 Å². The van der Waals surface area contributed by atoms with E-state index in [4.69, 9.17) is 16.0 Å². The third-order valence-electron chi connectivity index (χ3n) is 3.07. The number of ether oxygens (including phenoxy) is 2. The van der Waals surface area contributed by atoms with Crippen LogP contribution < -0.4 is 4.74 Å². The van der Waals surface area contributed by atoms with Crippen LogP contribution in [0.5, 0.6) is 5.75 Å². The highest BCUT2D eigenvalue weighted by atomic mass is 16.6. The monoisotopic (exact) mass is 288 g/mol. The molecule has 1 aliphatic rings. The molecule has 0 aromatic heterocycles. The van der Waals surface area contributed by atoms with Gasteiger partial charge in [0.15, 0.2) is 5.69 Å². The molecule has 112 valence electrons. The molecule has 0 radical (unpaired) electrons. The lowest BCUT2D eigenvalue weighted by molar-refractivity contribution is 0.0275. The first-order valence-electron chi connectivity index (χ1n) is 6.99. The van der Waals surface area contributed by atoms with E-state index in [0.717, 1.165) is 12.2 Å². The first kappa shape index (κ1) is 15.2. The predicted octanol–water partition coefficient (Wildman–Crippen LogP) is 3.63. The zero-order valence-electron chi connectivity index (χ0n) is 12.6. The summed E-state index contributed by atoms with van der Waals surface area (Å²) in [5.41, 5.74) is 0.107. The normalized spacial score (nSPS) is 18.2. The summed E-state index contributed by atoms with van der Waals surface area (Å²) in [6, 6.07) is 7.01. The summed E-state index contributed by atoms with van der Waals surface area (Å²) < 4.78 is 11.2. The highest BCUT2D eigenvalue weighted by Gasteiger charge is 2.30. The van der Waals surface area contributed by atoms with Gasteiger partial charge in [0.2, 0.25) is 0 Å². The average molecular weight is 288 g/mol. The molecule has 0 saturated carbocycles. The minimum Gasteiger partial charge on any atom is -0.489 e. The van der Waals surface area contributed by atoms with E-state index in [1.807, 2.05) is 20.8 Å². The highest BCUT2D eigenvalue weighted by molar-refractivity contribution is 5.68. The molecule has 1 aliphatic heterocycles. The zero-order valence-corrected chi connectivity index (χ0v) is 12.6. The lowest BCUT2D eigenvalue weighted by atomic mass is 10.2. The highest BCUT2D eigenvalue weighted by Crippen LogP contribution is 2.22. The molecule has 0 aliphatic carbocycles. The van der Waals surface area contributed by atoms with E-state index in [-0.39, 0.29) is 12.2 Å². The van der Waals surface area contributed by atoms with Gasteiger partial charge in [-0.2, -0.15) is 0 Å². The van der Waals surface area contributed by atoms with Crippen molar-refractivity contribution in [1.29, 1.82) is 0 Å². The van der Waals surface area contributed by atoms with Crippen molar-refractivity contribution >= 4 is 11.8 Å². The van der Waals surface area contributed by atoms with Crippen LogP contribution in [0.3, 0.4) is 0 Å². The van der Waals surface area contributed by atoms with E-state index >= 15 is 0 Å². The molecule has 5 nitrogen and oxygen atoms in total. The molecule has 0 bridgehead atoms. The molecular formula is C16H20N2O3. The third kappa shape index (κ3) is 4.38. The Kier molecular flexibility index (Phi) is 4.37. The lowest BCUT2D eigenvalue weighted by Crippen LogP contribution is -2.36. The van der Waals surface area contributed by atoms with Gasteiger partial charge in [-0.3, -0.25) is 0 Å². The molecule has 21 heavy (non-hydrogen) atoms. The van der Waals surface area contributed by atoms with Crippen molar-refractivity contribution in [2.75, 3.05) is 13.1 Å². The van der Waals surface area contributed by atoms with Gasteiger partial charge >= 0.3 is 6.09 Å². The topological polar surface area (TPSA) is 43.1 Å². The van der Waals surface area contributed by atoms with Gasteiger partial charge in [0, 0.05) is 13.0 Å². The third-order valence-corrected chi connectivity index (χ3v) is 3.07. The van der Waals surface area contributed by atoms with Crippen molar-refractivity contribution in [2.24, 2.45) is 0 Å². The quantitative estimate of drug-likeness (QED) is 0.781. The Balaban J connectivity index is 1.87. The number of nitrogens with zero attached hydrogens (tertiary/aromatic N) is 2. The maximum Gasteiger partial charge on any atom is 0.410 e. The maximum absolute atomic E-state index is 12.0. The first-order valence-corrected chi connectivity index (χ1v) is 6.99. The summed E-state index contributed by atoms with van der Waals surface area (Å²) in [6.07, 6.45) is 0.456. The Labute approximate surface area is 125 Å². The number of carbonyl (C=O) groups excluding carboxylic acids is 1. The van der Waals surface area contributed by atoms with Gasteiger partial charge in [-0.25, -0.2) is 9.64 Å². The summed E-state index contributed by atoms with van der Waals surface area (Å²) >= 11 is 0. The minimum absolute atomic E-state index is 0.0312. The Morgan fingerprint density at radius 3 is 2.57 bits per heavy atom. The first-order chi connectivity index (χ1) is 9.87. The summed E-state index contributed by atoms with van der Waals surface area (Å²) in [6.45, 7) is 13.6. The lowest BCUT2D eigenvalue weighted by Gasteiger charge is -2.24. The molecule has 1 heterocycles. The van der Waals surface area contributed by atoms with E-state index in [9.17, 15) is 4.79 Å². The smallest absolute Gasteiger partial charge is 0.410 e. The van der Waals surface area contributed by atoms with Crippen LogP contribution in [-0.4, -0.2) is 35.8 Å². The second kappa shape index (κ2) is 6.04. The zero-order chi connectivity index (χ0) is 15.5. The molecule has 2 rings (SSSR count). The largest absolute Gasteiger partial charge is 0.489 e. The molecule has 5 heteroatoms. The fourth-order valence-corrected chi connectivity index (χ4v) is 2.11. The van der Waals surface area contributed by atoms with Gasteiger partial charge in [0.05, 0.1) is 13.1 Å². The Bertz CT molecular complexity index is 540. The minimum atomic E-state index is -0.481. The standard InChI is InChI=1S/C16H20N2O3/c1-16(2,3)21-15(19)18-10-9-14(11-18)20-13-7-5-12(17-4)6-8-13/h5-8,14H,9-11H2,1-3H3/t14-/m0/s1. The fraction of sp³-hybridized carbons (Fsp3) is 0.500. The van der Waals surface area contributed by atoms with Crippen molar-refractivity contribution in [1.82, 2.24) is 4.90 Å². The molecule has 1 aromatic carbocycles. The van der Waals surface area contributed by atoms with Gasteiger partial charge in [-0.1, -0.05) is 12.1 Å². The van der Waals surface area contributed by atoms with Crippen LogP contribution >= 0.6 is 0 Å². The number of rotatable bonds is 2. The van der Waals surface area contributed by atoms with E-state index < -0.39 is 5.60 Å². The average Bonchev–Trinajstić information content (AvgIpc) is 2.86. The second-order valence-electron chi connectivity index (χ2n) is 6.06. The summed E-state index contributed by atoms with van der Waals surface area (Å²) in [4.78, 5) is 17.0. The second-order valence-corrected chi connectivity index (χ2v) is 6.06. The van der Waals surface area contributed by atoms with Crippen LogP contribution in [0.15, 0.2) is 24.3 Å². The predicted molar refractivity (Wildman–Crippen MR) is 79.5 cm³/mol. The van der Waals surface area contributed by atoms with Crippen LogP contribution in [0.4, 0.5) is 10.5 Å². The number of hydrogen-bond acceptors (Lipinski definition) is 3. The van der Waals surface area contributed by atoms with Crippen LogP contribution in [0, 0.1) is 6.57 Å². The number of carbonyl (C=O) groups is 1. The van der Waals surface area contributed by atoms with Crippen molar-refractivity contribution < 1.29 is 14.3 Å². The van der Waals surface area contributed by atoms with Crippen molar-refractivity contribution in [3.63, 3.8) is 0 Å². The number of benzene rings is 1. The van der Waals surface area contributed by atoms with E-state index in [2.05, 4.69) is 4.85 Å². The molecule has 1 amide bonds. The van der Waals surface area contributed by atoms with Gasteiger partial charge in [0.1, 0.15) is 17.5 Å². The van der Waals surface area contributed by atoms with Crippen molar-refractivity contribution in [3.05, 3.63) is 35.7 Å². The fourth-order valence-electron chi connectivity index (χ4n) is 2.11. The van der Waals surface area contributed by atoms with Gasteiger partial charge in [-0.15, -0.1) is 0 Å². The summed E-state index contributed by atoms with van der Waals surface area (Å²) in [7, 11) is 0. The summed E-state index contributed by atoms with van der Waals surface area (Å²) in [5, 5.41) is 0. The van der Waals surface area contributed by atoms with Gasteiger partial charge in [0.25, 0.3) is 0 Å². The van der Waals surface area contributed by atoms with Gasteiger partial charge in [-0.05, 0) is 32.9 Å². The van der Waals surface area contributed by atoms with E-state index in [1.54, 1.807) is 29.2 Å². The summed E-state index contributed by atoms with van der Waals surface area (Å²) in [5.74, 6) is 0.721. The molecule has 0 unspecified atom stereocenters. The molecular weight excluding hydrogens is 268 g/mol. The number of likely N-dealkylation sites (tertiary alicyclic amines) is 1. The van der Waals surface area contributed by atoms with Crippen LogP contribution in [0.2, 0.25) is 0 Å². The number of hydrogen-bond donors (Lipinski definition) is 0. The molecule has 1 saturated heterocycles. The Morgan fingerprint density at radius 1 is 1.33 bits per heavy atom. The molecule has 1 fully saturated rings. The Hall–Kier alpha value is -2.22. The molecule has 1 aromatic rings. The Morgan fingerprint density at radius 2 is 2.00 bits per heavy atom.